The summed E-state index contributed by atoms with van der Waals surface area (Å²) in [5.74, 6) is 0.0706. The molecule has 0 radical (unpaired) electrons. The van der Waals surface area contributed by atoms with Crippen molar-refractivity contribution in [2.75, 3.05) is 23.7 Å². The number of hydrogen-bond acceptors (Lipinski definition) is 6. The molecule has 0 bridgehead atoms. The third kappa shape index (κ3) is 6.16. The number of rotatable bonds is 9. The fourth-order valence-corrected chi connectivity index (χ4v) is 3.48. The number of hydrogen-bond donors (Lipinski definition) is 4. The second-order valence-corrected chi connectivity index (χ2v) is 7.56. The molecule has 0 saturated heterocycles. The van der Waals surface area contributed by atoms with Gasteiger partial charge in [-0.1, -0.05) is 30.3 Å². The van der Waals surface area contributed by atoms with E-state index in [9.17, 15) is 9.59 Å². The number of aryl methyl sites for hydroxylation is 1. The SMILES string of the molecule is CCN(CC)C(=O)[C@@H](NC(=O)Nc1cc(C=N)c(Nc2ccnc(C)c2)cn1)c1ccccc1. The van der Waals surface area contributed by atoms with Crippen LogP contribution in [0.5, 0.6) is 0 Å². The second-order valence-electron chi connectivity index (χ2n) is 7.56. The third-order valence-corrected chi connectivity index (χ3v) is 5.24. The zero-order valence-electron chi connectivity index (χ0n) is 19.5. The van der Waals surface area contributed by atoms with Crippen molar-refractivity contribution in [3.8, 4) is 0 Å². The van der Waals surface area contributed by atoms with Crippen molar-refractivity contribution < 1.29 is 9.59 Å². The first-order valence-corrected chi connectivity index (χ1v) is 11.1. The van der Waals surface area contributed by atoms with Gasteiger partial charge in [0.2, 0.25) is 5.91 Å². The number of carbonyl (C=O) groups excluding carboxylic acids is 2. The fourth-order valence-electron chi connectivity index (χ4n) is 3.48. The van der Waals surface area contributed by atoms with Crippen molar-refractivity contribution in [2.24, 2.45) is 0 Å². The van der Waals surface area contributed by atoms with Gasteiger partial charge in [-0.25, -0.2) is 9.78 Å². The monoisotopic (exact) mass is 459 g/mol. The Bertz CT molecular complexity index is 1150. The molecule has 0 aliphatic rings. The molecular weight excluding hydrogens is 430 g/mol. The highest BCUT2D eigenvalue weighted by molar-refractivity contribution is 5.95. The molecule has 0 fully saturated rings. The van der Waals surface area contributed by atoms with E-state index >= 15 is 0 Å². The van der Waals surface area contributed by atoms with E-state index in [1.807, 2.05) is 51.1 Å². The Morgan fingerprint density at radius 3 is 2.47 bits per heavy atom. The van der Waals surface area contributed by atoms with Crippen molar-refractivity contribution in [2.45, 2.75) is 26.8 Å². The van der Waals surface area contributed by atoms with Gasteiger partial charge in [-0.05, 0) is 44.5 Å². The van der Waals surface area contributed by atoms with Crippen molar-refractivity contribution in [3.05, 3.63) is 77.7 Å². The Balaban J connectivity index is 1.76. The zero-order chi connectivity index (χ0) is 24.5. The number of carbonyl (C=O) groups is 2. The average Bonchev–Trinajstić information content (AvgIpc) is 2.84. The first-order valence-electron chi connectivity index (χ1n) is 11.1. The number of likely N-dealkylation sites (N-methyl/N-ethyl adjacent to an activating group) is 1. The van der Waals surface area contributed by atoms with Crippen molar-refractivity contribution in [1.29, 1.82) is 5.41 Å². The highest BCUT2D eigenvalue weighted by atomic mass is 16.2. The Hall–Kier alpha value is -4.27. The molecule has 2 heterocycles. The molecular formula is C25H29N7O2. The average molecular weight is 460 g/mol. The van der Waals surface area contributed by atoms with Crippen LogP contribution in [0.4, 0.5) is 22.0 Å². The summed E-state index contributed by atoms with van der Waals surface area (Å²) in [7, 11) is 0. The molecule has 3 amide bonds. The van der Waals surface area contributed by atoms with Crippen LogP contribution in [0.25, 0.3) is 0 Å². The van der Waals surface area contributed by atoms with Crippen molar-refractivity contribution >= 4 is 35.3 Å². The van der Waals surface area contributed by atoms with Crippen LogP contribution >= 0.6 is 0 Å². The number of pyridine rings is 2. The lowest BCUT2D eigenvalue weighted by molar-refractivity contribution is -0.133. The van der Waals surface area contributed by atoms with E-state index in [1.165, 1.54) is 6.21 Å². The van der Waals surface area contributed by atoms with E-state index in [4.69, 9.17) is 5.41 Å². The van der Waals surface area contributed by atoms with E-state index in [2.05, 4.69) is 25.9 Å². The van der Waals surface area contributed by atoms with Crippen molar-refractivity contribution in [3.63, 3.8) is 0 Å². The molecule has 3 rings (SSSR count). The standard InChI is InChI=1S/C25H29N7O2/c1-4-32(5-2)24(33)23(18-9-7-6-8-10-18)31-25(34)30-22-14-19(15-26)21(16-28-22)29-20-11-12-27-17(3)13-20/h6-16,23,26H,4-5H2,1-3H3,(H,27,29)(H2,28,30,31,34)/t23-/m0/s1. The van der Waals surface area contributed by atoms with E-state index in [-0.39, 0.29) is 11.7 Å². The summed E-state index contributed by atoms with van der Waals surface area (Å²) >= 11 is 0. The van der Waals surface area contributed by atoms with Gasteiger partial charge in [0.1, 0.15) is 11.9 Å². The lowest BCUT2D eigenvalue weighted by Crippen LogP contribution is -2.44. The van der Waals surface area contributed by atoms with Gasteiger partial charge in [0.15, 0.2) is 0 Å². The summed E-state index contributed by atoms with van der Waals surface area (Å²) in [6.07, 6.45) is 4.41. The van der Waals surface area contributed by atoms with Gasteiger partial charge in [0, 0.05) is 42.4 Å². The molecule has 3 aromatic rings. The Kier molecular flexibility index (Phi) is 8.28. The zero-order valence-corrected chi connectivity index (χ0v) is 19.5. The number of benzene rings is 1. The number of amides is 3. The van der Waals surface area contributed by atoms with E-state index in [0.717, 1.165) is 11.4 Å². The number of urea groups is 1. The number of anilines is 3. The van der Waals surface area contributed by atoms with Crippen molar-refractivity contribution in [1.82, 2.24) is 20.2 Å². The minimum atomic E-state index is -0.834. The van der Waals surface area contributed by atoms with Crippen LogP contribution in [-0.2, 0) is 4.79 Å². The summed E-state index contributed by atoms with van der Waals surface area (Å²) in [6.45, 7) is 6.76. The minimum Gasteiger partial charge on any atom is -0.354 e. The summed E-state index contributed by atoms with van der Waals surface area (Å²) in [4.78, 5) is 36.0. The van der Waals surface area contributed by atoms with Crippen LogP contribution in [0.2, 0.25) is 0 Å². The van der Waals surface area contributed by atoms with E-state index in [1.54, 1.807) is 35.5 Å². The molecule has 0 saturated carbocycles. The Morgan fingerprint density at radius 2 is 1.82 bits per heavy atom. The molecule has 9 nitrogen and oxygen atoms in total. The van der Waals surface area contributed by atoms with Gasteiger partial charge >= 0.3 is 6.03 Å². The first kappa shape index (κ1) is 24.4. The maximum absolute atomic E-state index is 13.1. The van der Waals surface area contributed by atoms with Gasteiger partial charge < -0.3 is 20.9 Å². The number of nitrogens with one attached hydrogen (secondary N) is 4. The second kappa shape index (κ2) is 11.6. The highest BCUT2D eigenvalue weighted by Gasteiger charge is 2.26. The molecule has 0 aliphatic heterocycles. The maximum Gasteiger partial charge on any atom is 0.321 e. The molecule has 176 valence electrons. The predicted molar refractivity (Wildman–Crippen MR) is 134 cm³/mol. The summed E-state index contributed by atoms with van der Waals surface area (Å²) in [6, 6.07) is 13.0. The molecule has 34 heavy (non-hydrogen) atoms. The predicted octanol–water partition coefficient (Wildman–Crippen LogP) is 4.26. The van der Waals surface area contributed by atoms with Crippen LogP contribution in [0.1, 0.15) is 36.7 Å². The third-order valence-electron chi connectivity index (χ3n) is 5.24. The van der Waals surface area contributed by atoms with Gasteiger partial charge in [-0.2, -0.15) is 0 Å². The quantitative estimate of drug-likeness (QED) is 0.356. The molecule has 0 spiro atoms. The highest BCUT2D eigenvalue weighted by Crippen LogP contribution is 2.22. The molecule has 9 heteroatoms. The van der Waals surface area contributed by atoms with Gasteiger partial charge in [-0.3, -0.25) is 15.1 Å². The van der Waals surface area contributed by atoms with Gasteiger partial charge in [0.25, 0.3) is 0 Å². The maximum atomic E-state index is 13.1. The summed E-state index contributed by atoms with van der Waals surface area (Å²) in [5.41, 5.74) is 3.52. The normalized spacial score (nSPS) is 11.3. The minimum absolute atomic E-state index is 0.188. The smallest absolute Gasteiger partial charge is 0.321 e. The van der Waals surface area contributed by atoms with E-state index in [0.29, 0.717) is 29.9 Å². The fraction of sp³-hybridized carbons (Fsp3) is 0.240. The Labute approximate surface area is 199 Å². The molecule has 1 atom stereocenters. The summed E-state index contributed by atoms with van der Waals surface area (Å²) < 4.78 is 0. The van der Waals surface area contributed by atoms with Gasteiger partial charge in [0.05, 0.1) is 11.9 Å². The lowest BCUT2D eigenvalue weighted by atomic mass is 10.1. The van der Waals surface area contributed by atoms with Gasteiger partial charge in [-0.15, -0.1) is 0 Å². The van der Waals surface area contributed by atoms with Crippen LogP contribution < -0.4 is 16.0 Å². The number of nitrogens with zero attached hydrogens (tertiary/aromatic N) is 3. The Morgan fingerprint density at radius 1 is 1.09 bits per heavy atom. The lowest BCUT2D eigenvalue weighted by Gasteiger charge is -2.26. The largest absolute Gasteiger partial charge is 0.354 e. The topological polar surface area (TPSA) is 123 Å². The van der Waals surface area contributed by atoms with E-state index < -0.39 is 12.1 Å². The molecule has 2 aromatic heterocycles. The molecule has 0 unspecified atom stereocenters. The van der Waals surface area contributed by atoms with Crippen LogP contribution in [0.3, 0.4) is 0 Å². The number of aromatic nitrogens is 2. The molecule has 1 aromatic carbocycles. The molecule has 4 N–H and O–H groups in total. The van der Waals surface area contributed by atoms with Crippen LogP contribution in [0, 0.1) is 12.3 Å². The van der Waals surface area contributed by atoms with Crippen LogP contribution in [-0.4, -0.2) is 46.1 Å². The first-order chi connectivity index (χ1) is 16.4. The molecule has 0 aliphatic carbocycles. The van der Waals surface area contributed by atoms with Crippen LogP contribution in [0.15, 0.2) is 60.9 Å². The summed E-state index contributed by atoms with van der Waals surface area (Å²) in [5, 5.41) is 16.4.